The third kappa shape index (κ3) is 6.08. The lowest BCUT2D eigenvalue weighted by molar-refractivity contribution is -0.139. The minimum Gasteiger partial charge on any atom is -0.494 e. The van der Waals surface area contributed by atoms with Gasteiger partial charge in [0.05, 0.1) is 6.61 Å². The fourth-order valence-electron chi connectivity index (χ4n) is 1.53. The predicted molar refractivity (Wildman–Crippen MR) is 74.8 cm³/mol. The Morgan fingerprint density at radius 1 is 1.30 bits per heavy atom. The summed E-state index contributed by atoms with van der Waals surface area (Å²) in [6.07, 6.45) is 0.992. The van der Waals surface area contributed by atoms with Crippen molar-refractivity contribution in [3.8, 4) is 5.75 Å². The first-order valence-electron chi connectivity index (χ1n) is 6.58. The molecule has 1 atom stereocenters. The Morgan fingerprint density at radius 3 is 2.60 bits per heavy atom. The van der Waals surface area contributed by atoms with Crippen molar-refractivity contribution in [2.75, 3.05) is 13.2 Å². The highest BCUT2D eigenvalue weighted by atomic mass is 16.5. The van der Waals surface area contributed by atoms with Gasteiger partial charge < -0.3 is 20.5 Å². The van der Waals surface area contributed by atoms with Gasteiger partial charge in [-0.15, -0.1) is 0 Å². The molecule has 110 valence electrons. The topological polar surface area (TPSA) is 87.7 Å². The molecule has 0 unspecified atom stereocenters. The maximum Gasteiger partial charge on any atom is 0.326 e. The Morgan fingerprint density at radius 2 is 2.00 bits per heavy atom. The average molecular weight is 280 g/mol. The normalized spacial score (nSPS) is 11.4. The molecule has 1 rings (SSSR count). The summed E-state index contributed by atoms with van der Waals surface area (Å²) in [6.45, 7) is 2.61. The van der Waals surface area contributed by atoms with E-state index < -0.39 is 18.0 Å². The van der Waals surface area contributed by atoms with Crippen molar-refractivity contribution in [3.05, 3.63) is 30.3 Å². The Kier molecular flexibility index (Phi) is 6.95. The van der Waals surface area contributed by atoms with Crippen molar-refractivity contribution in [2.45, 2.75) is 25.8 Å². The predicted octanol–water partition coefficient (Wildman–Crippen LogP) is 1.62. The number of amides is 2. The molecule has 0 radical (unpaired) electrons. The standard InChI is InChI=1S/C14H20N2O4/c1-2-12(13(17)18)16-14(19)15-9-6-10-20-11-7-4-3-5-8-11/h3-5,7-8,12H,2,6,9-10H2,1H3,(H,17,18)(H2,15,16,19)/t12-/m0/s1. The Balaban J connectivity index is 2.12. The lowest BCUT2D eigenvalue weighted by atomic mass is 10.2. The number of ether oxygens (including phenoxy) is 1. The molecule has 0 heterocycles. The highest BCUT2D eigenvalue weighted by molar-refractivity contribution is 5.82. The van der Waals surface area contributed by atoms with Crippen molar-refractivity contribution in [1.29, 1.82) is 0 Å². The first-order chi connectivity index (χ1) is 9.63. The monoisotopic (exact) mass is 280 g/mol. The van der Waals surface area contributed by atoms with Crippen LogP contribution in [0.4, 0.5) is 4.79 Å². The highest BCUT2D eigenvalue weighted by Crippen LogP contribution is 2.07. The molecule has 0 fully saturated rings. The lowest BCUT2D eigenvalue weighted by Gasteiger charge is -2.13. The zero-order valence-corrected chi connectivity index (χ0v) is 11.5. The summed E-state index contributed by atoms with van der Waals surface area (Å²) >= 11 is 0. The maximum absolute atomic E-state index is 11.4. The third-order valence-electron chi connectivity index (χ3n) is 2.63. The number of benzene rings is 1. The fourth-order valence-corrected chi connectivity index (χ4v) is 1.53. The van der Waals surface area contributed by atoms with Gasteiger partial charge in [0.1, 0.15) is 11.8 Å². The van der Waals surface area contributed by atoms with E-state index in [1.54, 1.807) is 6.92 Å². The molecule has 20 heavy (non-hydrogen) atoms. The number of hydrogen-bond donors (Lipinski definition) is 3. The Hall–Kier alpha value is -2.24. The molecule has 0 saturated carbocycles. The molecular formula is C14H20N2O4. The number of carboxylic acids is 1. The summed E-state index contributed by atoms with van der Waals surface area (Å²) in [5, 5.41) is 13.8. The second-order valence-electron chi connectivity index (χ2n) is 4.21. The molecular weight excluding hydrogens is 260 g/mol. The first kappa shape index (κ1) is 15.8. The van der Waals surface area contributed by atoms with Crippen LogP contribution in [0.2, 0.25) is 0 Å². The molecule has 6 nitrogen and oxygen atoms in total. The van der Waals surface area contributed by atoms with E-state index in [-0.39, 0.29) is 0 Å². The van der Waals surface area contributed by atoms with Gasteiger partial charge in [0.25, 0.3) is 0 Å². The van der Waals surface area contributed by atoms with E-state index in [1.165, 1.54) is 0 Å². The number of hydrogen-bond acceptors (Lipinski definition) is 3. The SMILES string of the molecule is CC[C@H](NC(=O)NCCCOc1ccccc1)C(=O)O. The van der Waals surface area contributed by atoms with E-state index in [9.17, 15) is 9.59 Å². The summed E-state index contributed by atoms with van der Waals surface area (Å²) in [5.41, 5.74) is 0. The molecule has 0 bridgehead atoms. The number of carbonyl (C=O) groups excluding carboxylic acids is 1. The summed E-state index contributed by atoms with van der Waals surface area (Å²) in [4.78, 5) is 22.2. The molecule has 1 aromatic carbocycles. The van der Waals surface area contributed by atoms with Crippen LogP contribution in [0.3, 0.4) is 0 Å². The molecule has 1 aromatic rings. The zero-order chi connectivity index (χ0) is 14.8. The number of urea groups is 1. The van der Waals surface area contributed by atoms with Gasteiger partial charge in [-0.25, -0.2) is 9.59 Å². The molecule has 0 aliphatic carbocycles. The van der Waals surface area contributed by atoms with Gasteiger partial charge in [-0.05, 0) is 25.0 Å². The number of aliphatic carboxylic acids is 1. The first-order valence-corrected chi connectivity index (χ1v) is 6.58. The lowest BCUT2D eigenvalue weighted by Crippen LogP contribution is -2.46. The van der Waals surface area contributed by atoms with Crippen LogP contribution in [-0.2, 0) is 4.79 Å². The van der Waals surface area contributed by atoms with Gasteiger partial charge in [0.15, 0.2) is 0 Å². The van der Waals surface area contributed by atoms with Gasteiger partial charge in [-0.1, -0.05) is 25.1 Å². The van der Waals surface area contributed by atoms with Crippen LogP contribution in [0.5, 0.6) is 5.75 Å². The van der Waals surface area contributed by atoms with Gasteiger partial charge >= 0.3 is 12.0 Å². The summed E-state index contributed by atoms with van der Waals surface area (Å²) in [5.74, 6) is -0.246. The summed E-state index contributed by atoms with van der Waals surface area (Å²) in [6, 6.07) is 8.08. The van der Waals surface area contributed by atoms with Gasteiger partial charge in [-0.2, -0.15) is 0 Å². The smallest absolute Gasteiger partial charge is 0.326 e. The van der Waals surface area contributed by atoms with Crippen LogP contribution in [-0.4, -0.2) is 36.3 Å². The van der Waals surface area contributed by atoms with Crippen LogP contribution in [0.1, 0.15) is 19.8 Å². The number of carbonyl (C=O) groups is 2. The summed E-state index contributed by atoms with van der Waals surface area (Å²) < 4.78 is 5.46. The molecule has 3 N–H and O–H groups in total. The largest absolute Gasteiger partial charge is 0.494 e. The molecule has 0 aromatic heterocycles. The van der Waals surface area contributed by atoms with E-state index in [4.69, 9.17) is 9.84 Å². The quantitative estimate of drug-likeness (QED) is 0.631. The van der Waals surface area contributed by atoms with Crippen LogP contribution in [0, 0.1) is 0 Å². The van der Waals surface area contributed by atoms with Crippen molar-refractivity contribution >= 4 is 12.0 Å². The molecule has 0 aliphatic rings. The van der Waals surface area contributed by atoms with Gasteiger partial charge in [0.2, 0.25) is 0 Å². The maximum atomic E-state index is 11.4. The van der Waals surface area contributed by atoms with E-state index in [0.717, 1.165) is 5.75 Å². The Labute approximate surface area is 118 Å². The second-order valence-corrected chi connectivity index (χ2v) is 4.21. The van der Waals surface area contributed by atoms with Crippen molar-refractivity contribution in [3.63, 3.8) is 0 Å². The van der Waals surface area contributed by atoms with E-state index in [1.807, 2.05) is 30.3 Å². The van der Waals surface area contributed by atoms with Crippen LogP contribution < -0.4 is 15.4 Å². The third-order valence-corrected chi connectivity index (χ3v) is 2.63. The van der Waals surface area contributed by atoms with Crippen molar-refractivity contribution in [1.82, 2.24) is 10.6 Å². The average Bonchev–Trinajstić information content (AvgIpc) is 2.45. The minimum absolute atomic E-state index is 0.347. The minimum atomic E-state index is -1.03. The van der Waals surface area contributed by atoms with Crippen LogP contribution in [0.15, 0.2) is 30.3 Å². The highest BCUT2D eigenvalue weighted by Gasteiger charge is 2.16. The van der Waals surface area contributed by atoms with Gasteiger partial charge in [-0.3, -0.25) is 0 Å². The number of nitrogens with one attached hydrogen (secondary N) is 2. The van der Waals surface area contributed by atoms with Crippen LogP contribution in [0.25, 0.3) is 0 Å². The fraction of sp³-hybridized carbons (Fsp3) is 0.429. The molecule has 2 amide bonds. The van der Waals surface area contributed by atoms with Crippen LogP contribution >= 0.6 is 0 Å². The summed E-state index contributed by atoms with van der Waals surface area (Å²) in [7, 11) is 0. The van der Waals surface area contributed by atoms with Crippen molar-refractivity contribution < 1.29 is 19.4 Å². The van der Waals surface area contributed by atoms with E-state index in [2.05, 4.69) is 10.6 Å². The molecule has 0 saturated heterocycles. The number of carboxylic acid groups (broad SMARTS) is 1. The second kappa shape index (κ2) is 8.79. The van der Waals surface area contributed by atoms with E-state index >= 15 is 0 Å². The van der Waals surface area contributed by atoms with Gasteiger partial charge in [0, 0.05) is 6.54 Å². The Bertz CT molecular complexity index is 422. The number of para-hydroxylation sites is 1. The molecule has 0 aliphatic heterocycles. The molecule has 6 heteroatoms. The number of rotatable bonds is 8. The molecule has 0 spiro atoms. The zero-order valence-electron chi connectivity index (χ0n) is 11.5. The van der Waals surface area contributed by atoms with E-state index in [0.29, 0.717) is 26.0 Å². The van der Waals surface area contributed by atoms with Crippen molar-refractivity contribution in [2.24, 2.45) is 0 Å².